The first-order valence-electron chi connectivity index (χ1n) is 11.0. The van der Waals surface area contributed by atoms with Crippen molar-refractivity contribution in [2.75, 3.05) is 19.6 Å². The summed E-state index contributed by atoms with van der Waals surface area (Å²) in [5, 5.41) is 7.14. The summed E-state index contributed by atoms with van der Waals surface area (Å²) in [6.45, 7) is 8.31. The number of aliphatic imine (C=N–C) groups is 1. The van der Waals surface area contributed by atoms with Crippen LogP contribution in [0.25, 0.3) is 0 Å². The van der Waals surface area contributed by atoms with Crippen molar-refractivity contribution in [1.29, 1.82) is 0 Å². The van der Waals surface area contributed by atoms with E-state index in [0.717, 1.165) is 44.1 Å². The molecule has 7 heteroatoms. The Kier molecular flexibility index (Phi) is 10.4. The maximum absolute atomic E-state index is 12.2. The molecule has 31 heavy (non-hydrogen) atoms. The molecule has 0 spiro atoms. The van der Waals surface area contributed by atoms with Gasteiger partial charge in [0.25, 0.3) is 0 Å². The Balaban J connectivity index is 0.00000341. The molecular weight excluding hydrogens is 503 g/mol. The Bertz CT molecular complexity index is 800. The van der Waals surface area contributed by atoms with Crippen molar-refractivity contribution in [2.45, 2.75) is 52.1 Å². The van der Waals surface area contributed by atoms with Gasteiger partial charge in [-0.25, -0.2) is 0 Å². The van der Waals surface area contributed by atoms with E-state index in [1.165, 1.54) is 5.56 Å². The van der Waals surface area contributed by atoms with E-state index >= 15 is 0 Å². The molecule has 1 aliphatic heterocycles. The molecule has 0 aliphatic carbocycles. The van der Waals surface area contributed by atoms with E-state index in [9.17, 15) is 4.79 Å². The number of amides is 1. The highest BCUT2D eigenvalue weighted by Gasteiger charge is 2.25. The number of guanidine groups is 1. The van der Waals surface area contributed by atoms with Gasteiger partial charge < -0.3 is 20.0 Å². The monoisotopic (exact) mass is 538 g/mol. The number of hydrogen-bond donors (Lipinski definition) is 2. The summed E-state index contributed by atoms with van der Waals surface area (Å²) in [6.07, 6.45) is 4.31. The molecule has 0 saturated carbocycles. The van der Waals surface area contributed by atoms with Gasteiger partial charge >= 0.3 is 0 Å². The molecule has 2 aromatic rings. The Labute approximate surface area is 202 Å². The highest BCUT2D eigenvalue weighted by molar-refractivity contribution is 14.0. The third-order valence-electron chi connectivity index (χ3n) is 5.50. The summed E-state index contributed by atoms with van der Waals surface area (Å²) in [6, 6.07) is 14.7. The van der Waals surface area contributed by atoms with Crippen molar-refractivity contribution in [3.05, 3.63) is 60.1 Å². The van der Waals surface area contributed by atoms with E-state index < -0.39 is 0 Å². The molecular formula is C24H35IN4O2. The number of carbonyl (C=O) groups excluding carboxylic acids is 1. The molecule has 1 amide bonds. The summed E-state index contributed by atoms with van der Waals surface area (Å²) in [7, 11) is 0. The van der Waals surface area contributed by atoms with Gasteiger partial charge in [0.1, 0.15) is 5.76 Å². The first-order chi connectivity index (χ1) is 14.5. The first-order valence-corrected chi connectivity index (χ1v) is 11.0. The maximum Gasteiger partial charge on any atom is 0.225 e. The van der Waals surface area contributed by atoms with Crippen LogP contribution in [0.15, 0.2) is 58.1 Å². The van der Waals surface area contributed by atoms with E-state index in [0.29, 0.717) is 12.6 Å². The van der Waals surface area contributed by atoms with Crippen LogP contribution in [0.2, 0.25) is 0 Å². The number of furan rings is 1. The number of benzene rings is 1. The normalized spacial score (nSPS) is 16.0. The molecule has 0 radical (unpaired) electrons. The Hall–Kier alpha value is -2.03. The van der Waals surface area contributed by atoms with Gasteiger partial charge in [-0.05, 0) is 37.5 Å². The van der Waals surface area contributed by atoms with E-state index in [1.54, 1.807) is 6.26 Å². The second-order valence-corrected chi connectivity index (χ2v) is 8.23. The van der Waals surface area contributed by atoms with Crippen LogP contribution in [0.1, 0.15) is 51.0 Å². The SMILES string of the molecule is CC(C)C(=O)N1CCC(NC(=NCCc2ccco2)NC(C)c2ccccc2)CC1.I. The summed E-state index contributed by atoms with van der Waals surface area (Å²) in [4.78, 5) is 19.0. The lowest BCUT2D eigenvalue weighted by Crippen LogP contribution is -2.50. The van der Waals surface area contributed by atoms with Crippen LogP contribution in [0.5, 0.6) is 0 Å². The highest BCUT2D eigenvalue weighted by atomic mass is 127. The van der Waals surface area contributed by atoms with Crippen LogP contribution in [-0.4, -0.2) is 42.4 Å². The van der Waals surface area contributed by atoms with Crippen LogP contribution in [0.4, 0.5) is 0 Å². The largest absolute Gasteiger partial charge is 0.469 e. The van der Waals surface area contributed by atoms with Crippen LogP contribution in [0, 0.1) is 5.92 Å². The van der Waals surface area contributed by atoms with Crippen molar-refractivity contribution < 1.29 is 9.21 Å². The first kappa shape index (κ1) is 25.2. The van der Waals surface area contributed by atoms with E-state index in [-0.39, 0.29) is 41.8 Å². The smallest absolute Gasteiger partial charge is 0.225 e. The zero-order valence-corrected chi connectivity index (χ0v) is 21.0. The molecule has 2 N–H and O–H groups in total. The van der Waals surface area contributed by atoms with Crippen LogP contribution in [-0.2, 0) is 11.2 Å². The predicted molar refractivity (Wildman–Crippen MR) is 136 cm³/mol. The van der Waals surface area contributed by atoms with Crippen molar-refractivity contribution in [1.82, 2.24) is 15.5 Å². The molecule has 6 nitrogen and oxygen atoms in total. The standard InChI is InChI=1S/C24H34N4O2.HI/c1-18(2)23(29)28-15-12-21(13-16-28)27-24(25-14-11-22-10-7-17-30-22)26-19(3)20-8-5-4-6-9-20;/h4-10,17-19,21H,11-16H2,1-3H3,(H2,25,26,27);1H. The fraction of sp³-hybridized carbons (Fsp3) is 0.500. The zero-order valence-electron chi connectivity index (χ0n) is 18.7. The fourth-order valence-corrected chi connectivity index (χ4v) is 3.70. The predicted octanol–water partition coefficient (Wildman–Crippen LogP) is 4.38. The van der Waals surface area contributed by atoms with E-state index in [2.05, 4.69) is 41.8 Å². The summed E-state index contributed by atoms with van der Waals surface area (Å²) >= 11 is 0. The van der Waals surface area contributed by atoms with Crippen LogP contribution >= 0.6 is 24.0 Å². The average molecular weight is 538 g/mol. The molecule has 1 aromatic heterocycles. The van der Waals surface area contributed by atoms with Crippen molar-refractivity contribution >= 4 is 35.8 Å². The Morgan fingerprint density at radius 2 is 1.84 bits per heavy atom. The van der Waals surface area contributed by atoms with Gasteiger partial charge in [0.05, 0.1) is 12.3 Å². The van der Waals surface area contributed by atoms with Gasteiger partial charge in [0.2, 0.25) is 5.91 Å². The second-order valence-electron chi connectivity index (χ2n) is 8.23. The van der Waals surface area contributed by atoms with Crippen LogP contribution in [0.3, 0.4) is 0 Å². The van der Waals surface area contributed by atoms with Gasteiger partial charge in [0, 0.05) is 38.0 Å². The quantitative estimate of drug-likeness (QED) is 0.312. The number of likely N-dealkylation sites (tertiary alicyclic amines) is 1. The zero-order chi connectivity index (χ0) is 21.3. The molecule has 1 aromatic carbocycles. The van der Waals surface area contributed by atoms with Gasteiger partial charge in [-0.1, -0.05) is 44.2 Å². The lowest BCUT2D eigenvalue weighted by molar-refractivity contribution is -0.135. The highest BCUT2D eigenvalue weighted by Crippen LogP contribution is 2.15. The second kappa shape index (κ2) is 12.7. The van der Waals surface area contributed by atoms with Crippen LogP contribution < -0.4 is 10.6 Å². The van der Waals surface area contributed by atoms with Crippen molar-refractivity contribution in [2.24, 2.45) is 10.9 Å². The minimum atomic E-state index is 0. The minimum Gasteiger partial charge on any atom is -0.469 e. The number of halogens is 1. The number of hydrogen-bond acceptors (Lipinski definition) is 3. The topological polar surface area (TPSA) is 69.9 Å². The number of rotatable bonds is 7. The van der Waals surface area contributed by atoms with E-state index in [1.807, 2.05) is 36.9 Å². The van der Waals surface area contributed by atoms with Crippen molar-refractivity contribution in [3.8, 4) is 0 Å². The van der Waals surface area contributed by atoms with Gasteiger partial charge in [-0.15, -0.1) is 24.0 Å². The summed E-state index contributed by atoms with van der Waals surface area (Å²) < 4.78 is 5.42. The molecule has 1 fully saturated rings. The van der Waals surface area contributed by atoms with E-state index in [4.69, 9.17) is 9.41 Å². The molecule has 1 atom stereocenters. The van der Waals surface area contributed by atoms with Crippen molar-refractivity contribution in [3.63, 3.8) is 0 Å². The fourth-order valence-electron chi connectivity index (χ4n) is 3.70. The molecule has 0 bridgehead atoms. The molecule has 1 saturated heterocycles. The lowest BCUT2D eigenvalue weighted by Gasteiger charge is -2.34. The summed E-state index contributed by atoms with van der Waals surface area (Å²) in [5.74, 6) is 2.06. The number of nitrogens with zero attached hydrogens (tertiary/aromatic N) is 2. The Morgan fingerprint density at radius 1 is 1.13 bits per heavy atom. The number of carbonyl (C=O) groups is 1. The average Bonchev–Trinajstić information content (AvgIpc) is 3.27. The Morgan fingerprint density at radius 3 is 2.45 bits per heavy atom. The molecule has 170 valence electrons. The molecule has 2 heterocycles. The number of piperidine rings is 1. The number of nitrogens with one attached hydrogen (secondary N) is 2. The van der Waals surface area contributed by atoms with Gasteiger partial charge in [-0.3, -0.25) is 9.79 Å². The third kappa shape index (κ3) is 7.87. The summed E-state index contributed by atoms with van der Waals surface area (Å²) in [5.41, 5.74) is 1.22. The minimum absolute atomic E-state index is 0. The third-order valence-corrected chi connectivity index (χ3v) is 5.50. The molecule has 1 aliphatic rings. The lowest BCUT2D eigenvalue weighted by atomic mass is 10.0. The molecule has 1 unspecified atom stereocenters. The maximum atomic E-state index is 12.2. The van der Waals surface area contributed by atoms with Gasteiger partial charge in [0.15, 0.2) is 5.96 Å². The molecule has 3 rings (SSSR count). The van der Waals surface area contributed by atoms with Gasteiger partial charge in [-0.2, -0.15) is 0 Å².